The van der Waals surface area contributed by atoms with Crippen LogP contribution in [0.15, 0.2) is 53.3 Å². The second-order valence-corrected chi connectivity index (χ2v) is 14.8. The third-order valence-corrected chi connectivity index (χ3v) is 10.3. The molecule has 4 aliphatic rings. The molecule has 220 valence electrons. The van der Waals surface area contributed by atoms with Crippen molar-refractivity contribution in [3.8, 4) is 0 Å². The summed E-state index contributed by atoms with van der Waals surface area (Å²) in [5.74, 6) is -1.13. The predicted octanol–water partition coefficient (Wildman–Crippen LogP) is 2.14. The van der Waals surface area contributed by atoms with Gasteiger partial charge in [-0.3, -0.25) is 14.5 Å². The van der Waals surface area contributed by atoms with Crippen molar-refractivity contribution in [2.24, 2.45) is 0 Å². The number of hydrogen-bond donors (Lipinski definition) is 1. The molecule has 11 nitrogen and oxygen atoms in total. The zero-order valence-electron chi connectivity index (χ0n) is 23.1. The molecule has 0 bridgehead atoms. The number of sulfone groups is 1. The van der Waals surface area contributed by atoms with Crippen LogP contribution < -0.4 is 5.32 Å². The molecule has 4 aliphatic heterocycles. The highest BCUT2D eigenvalue weighted by atomic mass is 32.2. The molecule has 0 saturated carbocycles. The molecule has 0 aromatic heterocycles. The number of thioether (sulfide) groups is 1. The van der Waals surface area contributed by atoms with Gasteiger partial charge >= 0.3 is 12.1 Å². The maximum Gasteiger partial charge on any atom is 0.408 e. The van der Waals surface area contributed by atoms with Crippen molar-refractivity contribution in [1.82, 2.24) is 15.1 Å². The average molecular weight is 604 g/mol. The van der Waals surface area contributed by atoms with Gasteiger partial charge in [0.25, 0.3) is 5.91 Å². The Labute approximate surface area is 243 Å². The number of carbonyl (C=O) groups is 4. The summed E-state index contributed by atoms with van der Waals surface area (Å²) in [5, 5.41) is 2.06. The molecule has 0 radical (unpaired) electrons. The van der Waals surface area contributed by atoms with E-state index in [0.29, 0.717) is 36.3 Å². The summed E-state index contributed by atoms with van der Waals surface area (Å²) in [4.78, 5) is 55.2. The Bertz CT molecular complexity index is 1430. The number of fused-ring (bicyclic) bond motifs is 1. The fraction of sp³-hybridized carbons (Fsp3) is 0.500. The van der Waals surface area contributed by atoms with Crippen LogP contribution in [0.2, 0.25) is 0 Å². The molecular weight excluding hydrogens is 570 g/mol. The summed E-state index contributed by atoms with van der Waals surface area (Å²) < 4.78 is 34.8. The van der Waals surface area contributed by atoms with Crippen LogP contribution in [0.4, 0.5) is 4.79 Å². The van der Waals surface area contributed by atoms with Gasteiger partial charge in [0.05, 0.1) is 11.5 Å². The summed E-state index contributed by atoms with van der Waals surface area (Å²) in [6.45, 7) is 5.55. The van der Waals surface area contributed by atoms with Crippen molar-refractivity contribution in [3.63, 3.8) is 0 Å². The normalized spacial score (nSPS) is 26.6. The van der Waals surface area contributed by atoms with E-state index >= 15 is 0 Å². The number of carbonyl (C=O) groups excluding carboxylic acids is 4. The SMILES string of the molecule is CC(C)(C)OC(=O)N[C@@H]1C(=O)N2C(C(=O)OCc3ccccc3)=C(/C=C3\CCN(C4CCS(=O)(=O)C4)C3=O)CS[C@H]12. The zero-order chi connectivity index (χ0) is 29.5. The molecule has 3 saturated heterocycles. The predicted molar refractivity (Wildman–Crippen MR) is 151 cm³/mol. The molecule has 1 aromatic rings. The first-order chi connectivity index (χ1) is 19.3. The van der Waals surface area contributed by atoms with Gasteiger partial charge in [-0.25, -0.2) is 18.0 Å². The van der Waals surface area contributed by atoms with Crippen molar-refractivity contribution in [1.29, 1.82) is 0 Å². The highest BCUT2D eigenvalue weighted by Crippen LogP contribution is 2.42. The number of likely N-dealkylation sites (tertiary alicyclic amines) is 1. The van der Waals surface area contributed by atoms with E-state index in [9.17, 15) is 27.6 Å². The van der Waals surface area contributed by atoms with Crippen molar-refractivity contribution in [2.75, 3.05) is 23.8 Å². The number of esters is 1. The van der Waals surface area contributed by atoms with E-state index in [1.807, 2.05) is 30.3 Å². The lowest BCUT2D eigenvalue weighted by Crippen LogP contribution is -2.70. The Balaban J connectivity index is 1.39. The van der Waals surface area contributed by atoms with Crippen molar-refractivity contribution >= 4 is 45.5 Å². The van der Waals surface area contributed by atoms with E-state index in [0.717, 1.165) is 5.56 Å². The molecule has 5 rings (SSSR count). The molecule has 13 heteroatoms. The number of benzene rings is 1. The van der Waals surface area contributed by atoms with Crippen LogP contribution in [0, 0.1) is 0 Å². The second kappa shape index (κ2) is 11.2. The molecular formula is C28H33N3O8S2. The van der Waals surface area contributed by atoms with Crippen LogP contribution in [0.1, 0.15) is 39.2 Å². The molecule has 1 N–H and O–H groups in total. The van der Waals surface area contributed by atoms with Crippen LogP contribution in [0.3, 0.4) is 0 Å². The molecule has 4 heterocycles. The van der Waals surface area contributed by atoms with Crippen LogP contribution in [0.25, 0.3) is 0 Å². The van der Waals surface area contributed by atoms with Crippen molar-refractivity contribution < 1.29 is 37.1 Å². The Kier molecular flexibility index (Phi) is 7.94. The van der Waals surface area contributed by atoms with E-state index in [-0.39, 0.29) is 35.8 Å². The second-order valence-electron chi connectivity index (χ2n) is 11.4. The lowest BCUT2D eigenvalue weighted by Gasteiger charge is -2.49. The van der Waals surface area contributed by atoms with E-state index in [4.69, 9.17) is 9.47 Å². The van der Waals surface area contributed by atoms with Crippen LogP contribution in [-0.4, -0.2) is 89.0 Å². The van der Waals surface area contributed by atoms with Gasteiger partial charge in [0.15, 0.2) is 9.84 Å². The van der Waals surface area contributed by atoms with Gasteiger partial charge in [-0.2, -0.15) is 0 Å². The Morgan fingerprint density at radius 1 is 1.17 bits per heavy atom. The summed E-state index contributed by atoms with van der Waals surface area (Å²) in [5.41, 5.74) is 0.993. The first-order valence-electron chi connectivity index (χ1n) is 13.4. The molecule has 1 aromatic carbocycles. The van der Waals surface area contributed by atoms with Gasteiger partial charge < -0.3 is 19.7 Å². The summed E-state index contributed by atoms with van der Waals surface area (Å²) >= 11 is 1.36. The lowest BCUT2D eigenvalue weighted by molar-refractivity contribution is -0.152. The molecule has 0 aliphatic carbocycles. The molecule has 3 atom stereocenters. The number of allylic oxidation sites excluding steroid dienone is 1. The highest BCUT2D eigenvalue weighted by Gasteiger charge is 2.55. The Morgan fingerprint density at radius 3 is 2.56 bits per heavy atom. The first kappa shape index (κ1) is 29.2. The topological polar surface area (TPSA) is 139 Å². The van der Waals surface area contributed by atoms with E-state index in [1.54, 1.807) is 31.7 Å². The summed E-state index contributed by atoms with van der Waals surface area (Å²) in [6, 6.07) is 7.89. The molecule has 0 spiro atoms. The van der Waals surface area contributed by atoms with Crippen LogP contribution in [-0.2, 0) is 40.3 Å². The van der Waals surface area contributed by atoms with Crippen molar-refractivity contribution in [2.45, 2.75) is 63.3 Å². The Hall–Kier alpha value is -3.32. The quantitative estimate of drug-likeness (QED) is 0.294. The minimum Gasteiger partial charge on any atom is -0.456 e. The maximum absolute atomic E-state index is 13.4. The van der Waals surface area contributed by atoms with Gasteiger partial charge in [-0.1, -0.05) is 30.3 Å². The van der Waals surface area contributed by atoms with Crippen molar-refractivity contribution in [3.05, 3.63) is 58.8 Å². The molecule has 41 heavy (non-hydrogen) atoms. The van der Waals surface area contributed by atoms with E-state index < -0.39 is 44.8 Å². The molecule has 1 unspecified atom stereocenters. The first-order valence-corrected chi connectivity index (χ1v) is 16.3. The number of β-lactam (4-membered cyclic amide) rings is 1. The minimum absolute atomic E-state index is 0.00465. The minimum atomic E-state index is -3.16. The number of hydrogen-bond acceptors (Lipinski definition) is 9. The van der Waals surface area contributed by atoms with Gasteiger partial charge in [-0.15, -0.1) is 11.8 Å². The number of nitrogens with zero attached hydrogens (tertiary/aromatic N) is 2. The summed E-state index contributed by atoms with van der Waals surface area (Å²) in [7, 11) is -3.16. The maximum atomic E-state index is 13.4. The monoisotopic (exact) mass is 603 g/mol. The highest BCUT2D eigenvalue weighted by molar-refractivity contribution is 8.00. The fourth-order valence-corrected chi connectivity index (χ4v) is 8.35. The van der Waals surface area contributed by atoms with Gasteiger partial charge in [0.2, 0.25) is 5.91 Å². The third-order valence-electron chi connectivity index (χ3n) is 7.23. The van der Waals surface area contributed by atoms with E-state index in [2.05, 4.69) is 5.32 Å². The standard InChI is InChI=1S/C28H33N3O8S2/c1-28(2,3)39-27(35)29-21-24(33)31-22(26(34)38-14-17-7-5-4-6-8-17)19(15-40-25(21)31)13-18-9-11-30(23(18)32)20-10-12-41(36,37)16-20/h4-8,13,20-21,25H,9-12,14-16H2,1-3H3,(H,29,35)/b18-13+/t20?,21-,25-/m1/s1. The number of alkyl carbamates (subject to hydrolysis) is 1. The summed E-state index contributed by atoms with van der Waals surface area (Å²) in [6.07, 6.45) is 1.71. The van der Waals surface area contributed by atoms with Gasteiger partial charge in [0.1, 0.15) is 29.3 Å². The lowest BCUT2D eigenvalue weighted by atomic mass is 10.0. The van der Waals surface area contributed by atoms with Crippen LogP contribution >= 0.6 is 11.8 Å². The van der Waals surface area contributed by atoms with Gasteiger partial charge in [0, 0.05) is 23.9 Å². The van der Waals surface area contributed by atoms with Crippen LogP contribution in [0.5, 0.6) is 0 Å². The molecule has 3 fully saturated rings. The van der Waals surface area contributed by atoms with E-state index in [1.165, 1.54) is 16.7 Å². The Morgan fingerprint density at radius 2 is 1.90 bits per heavy atom. The molecule has 3 amide bonds. The van der Waals surface area contributed by atoms with Gasteiger partial charge in [-0.05, 0) is 50.8 Å². The fourth-order valence-electron chi connectivity index (χ4n) is 5.32. The number of amides is 3. The number of ether oxygens (including phenoxy) is 2. The number of rotatable bonds is 6. The number of nitrogens with one attached hydrogen (secondary N) is 1. The largest absolute Gasteiger partial charge is 0.456 e. The zero-order valence-corrected chi connectivity index (χ0v) is 24.8. The average Bonchev–Trinajstić information content (AvgIpc) is 3.45. The third kappa shape index (κ3) is 6.30. The smallest absolute Gasteiger partial charge is 0.408 e.